The molecule has 82 heavy (non-hydrogen) atoms. The molecule has 1 unspecified atom stereocenters. The molecule has 6 aromatic carbocycles. The Morgan fingerprint density at radius 1 is 0.390 bits per heavy atom. The molecule has 434 valence electrons. The summed E-state index contributed by atoms with van der Waals surface area (Å²) in [6.45, 7) is 9.67. The van der Waals surface area contributed by atoms with Crippen LogP contribution in [0, 0.1) is 28.1 Å². The van der Waals surface area contributed by atoms with Crippen molar-refractivity contribution in [2.75, 3.05) is 19.8 Å². The van der Waals surface area contributed by atoms with Crippen LogP contribution in [-0.2, 0) is 39.5 Å². The van der Waals surface area contributed by atoms with Crippen LogP contribution in [0.15, 0.2) is 124 Å². The Morgan fingerprint density at radius 2 is 0.659 bits per heavy atom. The number of hydrogen-bond acceptors (Lipinski definition) is 12. The fourth-order valence-corrected chi connectivity index (χ4v) is 15.3. The van der Waals surface area contributed by atoms with Gasteiger partial charge in [0.25, 0.3) is 0 Å². The molecule has 0 N–H and O–H groups in total. The number of esters is 3. The predicted molar refractivity (Wildman–Crippen MR) is 351 cm³/mol. The topological polar surface area (TPSA) is 134 Å². The lowest BCUT2D eigenvalue weighted by molar-refractivity contribution is -0.163. The van der Waals surface area contributed by atoms with Crippen LogP contribution in [0.5, 0.6) is 51.7 Å². The Bertz CT molecular complexity index is 2870. The van der Waals surface area contributed by atoms with Crippen LogP contribution in [-0.4, -0.2) is 54.5 Å². The van der Waals surface area contributed by atoms with E-state index >= 15 is 0 Å². The molecule has 0 radical (unpaired) electrons. The minimum atomic E-state index is -0.582. The Labute approximate surface area is 539 Å². The smallest absolute Gasteiger partial charge is 0.344 e. The summed E-state index contributed by atoms with van der Waals surface area (Å²) in [6, 6.07) is 35.9. The maximum Gasteiger partial charge on any atom is 0.344 e. The third-order valence-corrected chi connectivity index (χ3v) is 21.4. The van der Waals surface area contributed by atoms with Crippen LogP contribution in [0.3, 0.4) is 0 Å². The molecule has 17 heteroatoms. The van der Waals surface area contributed by atoms with Crippen LogP contribution < -0.4 is 28.4 Å². The average molecular weight is 1580 g/mol. The summed E-state index contributed by atoms with van der Waals surface area (Å²) in [5.74, 6) is 4.80. The van der Waals surface area contributed by atoms with Crippen LogP contribution in [0.2, 0.25) is 0 Å². The Hall–Kier alpha value is -4.20. The summed E-state index contributed by atoms with van der Waals surface area (Å²) in [6.07, 6.45) is 14.3. The second kappa shape index (κ2) is 28.3. The standard InChI is InChI=1S/C65H69I4O12S/c1-6-63(27-9-10-28-63)79-60(70)39-73-54-35-52(68)58(34-42(54)4)77-45-17-23-48(24-18-45)82(47-21-15-44(16-22-47)76-55-36-50(66)56(33-43(55)5)74-40-61(71)80-64(7-2)29-11-12-30-64)49-25-19-46(20-26-49)78-59-38-51(67)57(37-53(59)69)75-41-62(72)81-65(8-3)31-13-14-32-65/h15-26,33-38H,6-14,27-32,39-41H2,1-5H3/q+1. The van der Waals surface area contributed by atoms with Crippen molar-refractivity contribution in [2.45, 2.75) is 162 Å². The van der Waals surface area contributed by atoms with Crippen molar-refractivity contribution in [2.24, 2.45) is 0 Å². The molecular formula is C65H69I4O12S+. The van der Waals surface area contributed by atoms with E-state index in [1.54, 1.807) is 0 Å². The molecule has 3 fully saturated rings. The molecule has 3 aliphatic rings. The Kier molecular flexibility index (Phi) is 21.5. The molecule has 0 aromatic heterocycles. The van der Waals surface area contributed by atoms with Crippen LogP contribution in [0.25, 0.3) is 0 Å². The van der Waals surface area contributed by atoms with Gasteiger partial charge in [0.05, 0.1) is 25.2 Å². The van der Waals surface area contributed by atoms with Gasteiger partial charge in [0.1, 0.15) is 68.5 Å². The van der Waals surface area contributed by atoms with Gasteiger partial charge < -0.3 is 42.6 Å². The minimum Gasteiger partial charge on any atom is -0.482 e. The Balaban J connectivity index is 0.901. The maximum absolute atomic E-state index is 12.9. The first-order valence-corrected chi connectivity index (χ1v) is 33.7. The highest BCUT2D eigenvalue weighted by Gasteiger charge is 2.38. The predicted octanol–water partition coefficient (Wildman–Crippen LogP) is 18.1. The summed E-state index contributed by atoms with van der Waals surface area (Å²) in [7, 11) is -0.582. The van der Waals surface area contributed by atoms with E-state index in [1.807, 2.05) is 86.6 Å². The van der Waals surface area contributed by atoms with E-state index in [4.69, 9.17) is 42.6 Å². The van der Waals surface area contributed by atoms with Gasteiger partial charge in [-0.25, -0.2) is 14.4 Å². The van der Waals surface area contributed by atoms with Crippen LogP contribution in [0.1, 0.15) is 128 Å². The number of benzene rings is 6. The highest BCUT2D eigenvalue weighted by molar-refractivity contribution is 14.1. The summed E-state index contributed by atoms with van der Waals surface area (Å²) < 4.78 is 58.6. The van der Waals surface area contributed by atoms with Crippen LogP contribution >= 0.6 is 90.4 Å². The van der Waals surface area contributed by atoms with E-state index in [9.17, 15) is 14.4 Å². The van der Waals surface area contributed by atoms with E-state index in [0.29, 0.717) is 51.7 Å². The van der Waals surface area contributed by atoms with Crippen molar-refractivity contribution in [1.82, 2.24) is 0 Å². The maximum atomic E-state index is 12.9. The highest BCUT2D eigenvalue weighted by atomic mass is 127. The van der Waals surface area contributed by atoms with Gasteiger partial charge in [0, 0.05) is 0 Å². The van der Waals surface area contributed by atoms with Gasteiger partial charge in [-0.3, -0.25) is 0 Å². The second-order valence-corrected chi connectivity index (χ2v) is 28.0. The van der Waals surface area contributed by atoms with Crippen molar-refractivity contribution in [3.8, 4) is 51.7 Å². The van der Waals surface area contributed by atoms with Gasteiger partial charge in [0.2, 0.25) is 0 Å². The minimum absolute atomic E-state index is 0.151. The molecule has 6 aromatic rings. The zero-order valence-electron chi connectivity index (χ0n) is 46.9. The molecule has 0 saturated heterocycles. The van der Waals surface area contributed by atoms with Crippen LogP contribution in [0.4, 0.5) is 0 Å². The number of ether oxygens (including phenoxy) is 9. The first-order valence-electron chi connectivity index (χ1n) is 28.2. The fourth-order valence-electron chi connectivity index (χ4n) is 11.0. The summed E-state index contributed by atoms with van der Waals surface area (Å²) in [5.41, 5.74) is 0.602. The van der Waals surface area contributed by atoms with Crippen molar-refractivity contribution < 1.29 is 57.0 Å². The lowest BCUT2D eigenvalue weighted by Crippen LogP contribution is -2.33. The third kappa shape index (κ3) is 15.8. The molecule has 0 aliphatic heterocycles. The number of rotatable bonds is 24. The fraction of sp³-hybridized carbons (Fsp3) is 0.400. The summed E-state index contributed by atoms with van der Waals surface area (Å²) >= 11 is 8.90. The SMILES string of the molecule is CCC1(OC(=O)COc2cc(I)c(Oc3ccc([S+](c4ccc(Oc5cc(I)c(OCC(=O)OC6(CC)CCCC6)cc5C)cc4)c4ccc(Oc5cc(I)c(OCC(=O)OC6(CC)CCCC6)cc5I)cc4)cc3)cc2C)CCCC1. The first kappa shape index (κ1) is 62.3. The second-order valence-electron chi connectivity index (χ2n) is 21.4. The van der Waals surface area contributed by atoms with Gasteiger partial charge in [-0.2, -0.15) is 0 Å². The molecule has 3 aliphatic carbocycles. The van der Waals surface area contributed by atoms with Gasteiger partial charge in [-0.05, 0) is 321 Å². The molecule has 0 heterocycles. The summed E-state index contributed by atoms with van der Waals surface area (Å²) in [4.78, 5) is 41.8. The molecule has 9 rings (SSSR count). The van der Waals surface area contributed by atoms with Crippen molar-refractivity contribution >= 4 is 119 Å². The Morgan fingerprint density at radius 3 is 1.04 bits per heavy atom. The monoisotopic (exact) mass is 1580 g/mol. The number of halogens is 4. The van der Waals surface area contributed by atoms with E-state index in [2.05, 4.69) is 148 Å². The van der Waals surface area contributed by atoms with Crippen molar-refractivity contribution in [3.63, 3.8) is 0 Å². The normalized spacial score (nSPS) is 16.2. The number of aryl methyl sites for hydroxylation is 2. The lowest BCUT2D eigenvalue weighted by Gasteiger charge is -2.27. The van der Waals surface area contributed by atoms with Crippen molar-refractivity contribution in [3.05, 3.63) is 135 Å². The lowest BCUT2D eigenvalue weighted by atomic mass is 9.99. The van der Waals surface area contributed by atoms with E-state index in [-0.39, 0.29) is 54.5 Å². The van der Waals surface area contributed by atoms with Crippen molar-refractivity contribution in [1.29, 1.82) is 0 Å². The highest BCUT2D eigenvalue weighted by Crippen LogP contribution is 2.42. The third-order valence-electron chi connectivity index (χ3n) is 15.8. The number of carbonyl (C=O) groups is 3. The number of carbonyl (C=O) groups excluding carboxylic acids is 3. The average Bonchev–Trinajstić information content (AvgIpc) is 4.31. The molecule has 3 saturated carbocycles. The molecule has 0 spiro atoms. The molecule has 12 nitrogen and oxygen atoms in total. The van der Waals surface area contributed by atoms with E-state index in [1.165, 1.54) is 0 Å². The van der Waals surface area contributed by atoms with Gasteiger partial charge in [-0.1, -0.05) is 20.8 Å². The van der Waals surface area contributed by atoms with E-state index in [0.717, 1.165) is 136 Å². The summed E-state index contributed by atoms with van der Waals surface area (Å²) in [5, 5.41) is 0. The molecule has 1 atom stereocenters. The van der Waals surface area contributed by atoms with Gasteiger partial charge >= 0.3 is 17.9 Å². The molecular weight excluding hydrogens is 1510 g/mol. The molecule has 0 amide bonds. The van der Waals surface area contributed by atoms with Gasteiger partial charge in [0.15, 0.2) is 34.5 Å². The quantitative estimate of drug-likeness (QED) is 0.0247. The largest absolute Gasteiger partial charge is 0.482 e. The number of hydrogen-bond donors (Lipinski definition) is 0. The zero-order chi connectivity index (χ0) is 58.0. The zero-order valence-corrected chi connectivity index (χ0v) is 56.4. The first-order chi connectivity index (χ1) is 39.5. The van der Waals surface area contributed by atoms with Gasteiger partial charge in [-0.15, -0.1) is 0 Å². The van der Waals surface area contributed by atoms with E-state index < -0.39 is 10.9 Å². The molecule has 0 bridgehead atoms.